The molecule has 1 heterocycles. The fraction of sp³-hybridized carbons (Fsp3) is 0.133. The maximum atomic E-state index is 12.2. The molecule has 3 N–H and O–H groups in total. The second-order valence-corrected chi connectivity index (χ2v) is 4.59. The minimum Gasteiger partial charge on any atom is -0.399 e. The van der Waals surface area contributed by atoms with Crippen LogP contribution < -0.4 is 16.0 Å². The quantitative estimate of drug-likeness (QED) is 0.809. The average molecular weight is 253 g/mol. The Kier molecular flexibility index (Phi) is 2.63. The standard InChI is InChI=1S/C15H15N3O/c1-17-12-3-2-4-13(9-12)18-14-6-5-11(16)7-10(14)8-15(18)19/h2-7,9,17H,8,16H2,1H3. The lowest BCUT2D eigenvalue weighted by Gasteiger charge is -2.18. The molecule has 0 unspecified atom stereocenters. The van der Waals surface area contributed by atoms with Crippen molar-refractivity contribution in [1.29, 1.82) is 0 Å². The molecule has 2 aromatic carbocycles. The van der Waals surface area contributed by atoms with Gasteiger partial charge < -0.3 is 11.1 Å². The molecule has 4 nitrogen and oxygen atoms in total. The third kappa shape index (κ3) is 1.91. The van der Waals surface area contributed by atoms with Gasteiger partial charge in [-0.05, 0) is 42.0 Å². The lowest BCUT2D eigenvalue weighted by Crippen LogP contribution is -2.20. The molecule has 1 aliphatic heterocycles. The van der Waals surface area contributed by atoms with E-state index in [9.17, 15) is 4.79 Å². The highest BCUT2D eigenvalue weighted by molar-refractivity contribution is 6.07. The summed E-state index contributed by atoms with van der Waals surface area (Å²) in [5.74, 6) is 0.0776. The number of hydrogen-bond acceptors (Lipinski definition) is 3. The number of benzene rings is 2. The van der Waals surface area contributed by atoms with E-state index in [0.717, 1.165) is 22.6 Å². The Morgan fingerprint density at radius 1 is 1.21 bits per heavy atom. The smallest absolute Gasteiger partial charge is 0.236 e. The molecule has 1 aliphatic rings. The molecule has 0 spiro atoms. The third-order valence-corrected chi connectivity index (χ3v) is 3.33. The van der Waals surface area contributed by atoms with Gasteiger partial charge in [-0.25, -0.2) is 0 Å². The van der Waals surface area contributed by atoms with Gasteiger partial charge in [-0.2, -0.15) is 0 Å². The highest BCUT2D eigenvalue weighted by Crippen LogP contribution is 2.37. The number of hydrogen-bond donors (Lipinski definition) is 2. The zero-order valence-corrected chi connectivity index (χ0v) is 10.7. The Hall–Kier alpha value is -2.49. The van der Waals surface area contributed by atoms with Crippen molar-refractivity contribution in [2.75, 3.05) is 23.0 Å². The number of carbonyl (C=O) groups is 1. The topological polar surface area (TPSA) is 58.4 Å². The van der Waals surface area contributed by atoms with Crippen molar-refractivity contribution in [2.45, 2.75) is 6.42 Å². The summed E-state index contributed by atoms with van der Waals surface area (Å²) in [4.78, 5) is 14.0. The van der Waals surface area contributed by atoms with E-state index >= 15 is 0 Å². The van der Waals surface area contributed by atoms with E-state index in [1.165, 1.54) is 0 Å². The van der Waals surface area contributed by atoms with Crippen LogP contribution in [0.2, 0.25) is 0 Å². The van der Waals surface area contributed by atoms with Gasteiger partial charge in [-0.1, -0.05) is 6.07 Å². The molecular formula is C15H15N3O. The molecule has 2 aromatic rings. The number of nitrogens with zero attached hydrogens (tertiary/aromatic N) is 1. The van der Waals surface area contributed by atoms with Gasteiger partial charge >= 0.3 is 0 Å². The van der Waals surface area contributed by atoms with E-state index < -0.39 is 0 Å². The average Bonchev–Trinajstić information content (AvgIpc) is 2.73. The predicted octanol–water partition coefficient (Wildman–Crippen LogP) is 2.53. The van der Waals surface area contributed by atoms with E-state index in [2.05, 4.69) is 5.32 Å². The minimum absolute atomic E-state index is 0.0776. The molecule has 0 saturated heterocycles. The SMILES string of the molecule is CNc1cccc(N2C(=O)Cc3cc(N)ccc32)c1. The molecule has 0 saturated carbocycles. The number of fused-ring (bicyclic) bond motifs is 1. The summed E-state index contributed by atoms with van der Waals surface area (Å²) in [5, 5.41) is 3.08. The summed E-state index contributed by atoms with van der Waals surface area (Å²) in [5.41, 5.74) is 10.2. The highest BCUT2D eigenvalue weighted by atomic mass is 16.2. The summed E-state index contributed by atoms with van der Waals surface area (Å²) in [6.45, 7) is 0. The summed E-state index contributed by atoms with van der Waals surface area (Å²) < 4.78 is 0. The summed E-state index contributed by atoms with van der Waals surface area (Å²) in [7, 11) is 1.86. The number of nitrogens with two attached hydrogens (primary N) is 1. The zero-order valence-electron chi connectivity index (χ0n) is 10.7. The van der Waals surface area contributed by atoms with Crippen LogP contribution in [0.4, 0.5) is 22.7 Å². The van der Waals surface area contributed by atoms with E-state index in [1.54, 1.807) is 4.90 Å². The number of nitrogen functional groups attached to an aromatic ring is 1. The number of rotatable bonds is 2. The van der Waals surface area contributed by atoms with Crippen LogP contribution in [0.3, 0.4) is 0 Å². The third-order valence-electron chi connectivity index (χ3n) is 3.33. The van der Waals surface area contributed by atoms with Crippen molar-refractivity contribution in [1.82, 2.24) is 0 Å². The Labute approximate surface area is 111 Å². The van der Waals surface area contributed by atoms with Gasteiger partial charge in [0.1, 0.15) is 0 Å². The van der Waals surface area contributed by atoms with E-state index in [-0.39, 0.29) is 5.91 Å². The number of nitrogens with one attached hydrogen (secondary N) is 1. The monoisotopic (exact) mass is 253 g/mol. The fourth-order valence-corrected chi connectivity index (χ4v) is 2.43. The van der Waals surface area contributed by atoms with Gasteiger partial charge in [0.05, 0.1) is 17.8 Å². The van der Waals surface area contributed by atoms with Crippen molar-refractivity contribution in [3.05, 3.63) is 48.0 Å². The summed E-state index contributed by atoms with van der Waals surface area (Å²) >= 11 is 0. The lowest BCUT2D eigenvalue weighted by molar-refractivity contribution is -0.116. The normalized spacial score (nSPS) is 13.5. The maximum Gasteiger partial charge on any atom is 0.236 e. The number of anilines is 4. The predicted molar refractivity (Wildman–Crippen MR) is 77.7 cm³/mol. The molecule has 4 heteroatoms. The highest BCUT2D eigenvalue weighted by Gasteiger charge is 2.28. The molecule has 0 fully saturated rings. The van der Waals surface area contributed by atoms with Gasteiger partial charge in [0.2, 0.25) is 5.91 Å². The molecule has 3 rings (SSSR count). The molecule has 1 amide bonds. The first-order valence-electron chi connectivity index (χ1n) is 6.18. The minimum atomic E-state index is 0.0776. The Bertz CT molecular complexity index is 652. The van der Waals surface area contributed by atoms with E-state index in [1.807, 2.05) is 49.5 Å². The van der Waals surface area contributed by atoms with Crippen LogP contribution in [0.1, 0.15) is 5.56 Å². The Morgan fingerprint density at radius 2 is 2.05 bits per heavy atom. The van der Waals surface area contributed by atoms with Crippen LogP contribution in [0, 0.1) is 0 Å². The zero-order chi connectivity index (χ0) is 13.4. The van der Waals surface area contributed by atoms with Gasteiger partial charge in [0.15, 0.2) is 0 Å². The van der Waals surface area contributed by atoms with Gasteiger partial charge in [0, 0.05) is 18.4 Å². The van der Waals surface area contributed by atoms with Crippen molar-refractivity contribution in [2.24, 2.45) is 0 Å². The number of carbonyl (C=O) groups excluding carboxylic acids is 1. The Balaban J connectivity index is 2.08. The van der Waals surface area contributed by atoms with Crippen LogP contribution in [-0.2, 0) is 11.2 Å². The molecule has 96 valence electrons. The fourth-order valence-electron chi connectivity index (χ4n) is 2.43. The first-order chi connectivity index (χ1) is 9.19. The van der Waals surface area contributed by atoms with Crippen molar-refractivity contribution in [3.63, 3.8) is 0 Å². The maximum absolute atomic E-state index is 12.2. The molecule has 0 aromatic heterocycles. The van der Waals surface area contributed by atoms with Crippen LogP contribution in [0.5, 0.6) is 0 Å². The van der Waals surface area contributed by atoms with Crippen molar-refractivity contribution in [3.8, 4) is 0 Å². The second-order valence-electron chi connectivity index (χ2n) is 4.59. The van der Waals surface area contributed by atoms with E-state index in [4.69, 9.17) is 5.73 Å². The first-order valence-corrected chi connectivity index (χ1v) is 6.18. The molecule has 0 aliphatic carbocycles. The molecular weight excluding hydrogens is 238 g/mol. The summed E-state index contributed by atoms with van der Waals surface area (Å²) in [6.07, 6.45) is 0.407. The van der Waals surface area contributed by atoms with Crippen LogP contribution >= 0.6 is 0 Å². The van der Waals surface area contributed by atoms with Crippen molar-refractivity contribution >= 4 is 28.7 Å². The first kappa shape index (κ1) is 11.6. The Morgan fingerprint density at radius 3 is 2.84 bits per heavy atom. The number of amides is 1. The largest absolute Gasteiger partial charge is 0.399 e. The van der Waals surface area contributed by atoms with E-state index in [0.29, 0.717) is 12.1 Å². The van der Waals surface area contributed by atoms with Crippen LogP contribution in [-0.4, -0.2) is 13.0 Å². The molecule has 0 bridgehead atoms. The lowest BCUT2D eigenvalue weighted by atomic mass is 10.1. The van der Waals surface area contributed by atoms with Gasteiger partial charge in [-0.3, -0.25) is 9.69 Å². The van der Waals surface area contributed by atoms with Gasteiger partial charge in [-0.15, -0.1) is 0 Å². The van der Waals surface area contributed by atoms with Gasteiger partial charge in [0.25, 0.3) is 0 Å². The van der Waals surface area contributed by atoms with Crippen LogP contribution in [0.25, 0.3) is 0 Å². The second kappa shape index (κ2) is 4.31. The van der Waals surface area contributed by atoms with Crippen LogP contribution in [0.15, 0.2) is 42.5 Å². The van der Waals surface area contributed by atoms with Crippen molar-refractivity contribution < 1.29 is 4.79 Å². The summed E-state index contributed by atoms with van der Waals surface area (Å²) in [6, 6.07) is 13.4. The molecule has 0 atom stereocenters. The molecule has 19 heavy (non-hydrogen) atoms. The molecule has 0 radical (unpaired) electrons.